The lowest BCUT2D eigenvalue weighted by molar-refractivity contribution is -0.137. The van der Waals surface area contributed by atoms with Gasteiger partial charge in [0.15, 0.2) is 11.6 Å². The number of allylic oxidation sites excluding steroid dienone is 1. The Hall–Kier alpha value is -3.29. The largest absolute Gasteiger partial charge is 0.416 e. The molecule has 1 heterocycles. The van der Waals surface area contributed by atoms with Crippen LogP contribution in [0.3, 0.4) is 0 Å². The third-order valence-electron chi connectivity index (χ3n) is 6.22. The summed E-state index contributed by atoms with van der Waals surface area (Å²) < 4.78 is 63.3. The van der Waals surface area contributed by atoms with E-state index in [0.717, 1.165) is 55.1 Å². The molecule has 0 spiro atoms. The average molecular weight is 492 g/mol. The molecule has 3 N–H and O–H groups in total. The van der Waals surface area contributed by atoms with Crippen LogP contribution in [0.5, 0.6) is 0 Å². The lowest BCUT2D eigenvalue weighted by Crippen LogP contribution is -2.33. The highest BCUT2D eigenvalue weighted by molar-refractivity contribution is 5.92. The first-order valence-corrected chi connectivity index (χ1v) is 11.5. The third-order valence-corrected chi connectivity index (χ3v) is 6.22. The fourth-order valence-corrected chi connectivity index (χ4v) is 4.42. The topological polar surface area (TPSA) is 39.8 Å². The van der Waals surface area contributed by atoms with Gasteiger partial charge in [0.25, 0.3) is 0 Å². The van der Waals surface area contributed by atoms with Crippen LogP contribution in [-0.4, -0.2) is 18.1 Å². The van der Waals surface area contributed by atoms with E-state index in [1.807, 2.05) is 0 Å². The van der Waals surface area contributed by atoms with Gasteiger partial charge in [-0.3, -0.25) is 0 Å². The van der Waals surface area contributed by atoms with Crippen LogP contribution in [0.1, 0.15) is 36.8 Å². The Morgan fingerprint density at radius 2 is 1.80 bits per heavy atom. The molecule has 1 saturated carbocycles. The average Bonchev–Trinajstić information content (AvgIpc) is 3.21. The summed E-state index contributed by atoms with van der Waals surface area (Å²) in [6.45, 7) is 7.56. The van der Waals surface area contributed by atoms with Gasteiger partial charge in [0.2, 0.25) is 0 Å². The molecule has 1 aliphatic rings. The zero-order valence-electron chi connectivity index (χ0n) is 19.6. The van der Waals surface area contributed by atoms with Gasteiger partial charge in [-0.2, -0.15) is 13.2 Å². The monoisotopic (exact) mass is 491 g/mol. The van der Waals surface area contributed by atoms with Crippen molar-refractivity contribution in [2.45, 2.75) is 44.3 Å². The number of fused-ring (bicyclic) bond motifs is 1. The van der Waals surface area contributed by atoms with Crippen molar-refractivity contribution in [2.75, 3.05) is 12.4 Å². The Labute approximate surface area is 202 Å². The molecule has 35 heavy (non-hydrogen) atoms. The molecule has 3 aromatic rings. The van der Waals surface area contributed by atoms with Crippen LogP contribution in [0.4, 0.5) is 27.6 Å². The Bertz CT molecular complexity index is 1150. The predicted octanol–water partition coefficient (Wildman–Crippen LogP) is 7.58. The van der Waals surface area contributed by atoms with E-state index in [-0.39, 0.29) is 0 Å². The van der Waals surface area contributed by atoms with Crippen LogP contribution in [0, 0.1) is 17.6 Å². The molecular weight excluding hydrogens is 461 g/mol. The van der Waals surface area contributed by atoms with Crippen molar-refractivity contribution >= 4 is 16.6 Å². The molecule has 2 aromatic carbocycles. The van der Waals surface area contributed by atoms with Crippen LogP contribution in [0.25, 0.3) is 10.9 Å². The van der Waals surface area contributed by atoms with Gasteiger partial charge in [-0.25, -0.2) is 8.78 Å². The maximum atomic E-state index is 12.8. The summed E-state index contributed by atoms with van der Waals surface area (Å²) in [5.41, 5.74) is 2.57. The summed E-state index contributed by atoms with van der Waals surface area (Å²) in [6.07, 6.45) is 4.33. The minimum absolute atomic E-state index is 0.388. The van der Waals surface area contributed by atoms with Crippen molar-refractivity contribution in [3.8, 4) is 0 Å². The number of anilines is 1. The van der Waals surface area contributed by atoms with Crippen molar-refractivity contribution in [1.29, 1.82) is 0 Å². The molecule has 1 aliphatic carbocycles. The van der Waals surface area contributed by atoms with Crippen molar-refractivity contribution in [2.24, 2.45) is 5.92 Å². The summed E-state index contributed by atoms with van der Waals surface area (Å²) in [5, 5.41) is 6.88. The standard InChI is InChI=1S/C18H22F3N.C9H8F2N2/c1-3-13(2)22-17-6-4-5-15(12-17)11-14-7-9-16(10-8-14)18(19,20)21;1-12-9-4-13-8-3-7(11)6(10)2-5(8)9/h3,7-10,15,17,22H,1-2,4-6,11-12H2;2-4,12-13H,1H3. The van der Waals surface area contributed by atoms with Gasteiger partial charge in [-0.15, -0.1) is 0 Å². The van der Waals surface area contributed by atoms with E-state index in [4.69, 9.17) is 0 Å². The molecule has 4 rings (SSSR count). The molecule has 2 unspecified atom stereocenters. The number of aromatic amines is 1. The normalized spacial score (nSPS) is 17.9. The number of H-pyrrole nitrogens is 1. The van der Waals surface area contributed by atoms with E-state index in [1.165, 1.54) is 18.2 Å². The van der Waals surface area contributed by atoms with Gasteiger partial charge in [-0.05, 0) is 61.4 Å². The first-order chi connectivity index (χ1) is 16.6. The van der Waals surface area contributed by atoms with E-state index < -0.39 is 23.4 Å². The van der Waals surface area contributed by atoms with Crippen LogP contribution in [0.15, 0.2) is 67.5 Å². The first-order valence-electron chi connectivity index (χ1n) is 11.5. The Balaban J connectivity index is 0.000000223. The van der Waals surface area contributed by atoms with Crippen LogP contribution in [0.2, 0.25) is 0 Å². The summed E-state index contributed by atoms with van der Waals surface area (Å²) in [4.78, 5) is 2.84. The molecule has 0 amide bonds. The Morgan fingerprint density at radius 3 is 2.43 bits per heavy atom. The fourth-order valence-electron chi connectivity index (χ4n) is 4.42. The van der Waals surface area contributed by atoms with Crippen molar-refractivity contribution in [3.63, 3.8) is 0 Å². The van der Waals surface area contributed by atoms with E-state index in [0.29, 0.717) is 22.9 Å². The van der Waals surface area contributed by atoms with Gasteiger partial charge in [-0.1, -0.05) is 31.7 Å². The number of nitrogens with one attached hydrogen (secondary N) is 3. The summed E-state index contributed by atoms with van der Waals surface area (Å²) in [5.74, 6) is -1.17. The highest BCUT2D eigenvalue weighted by Gasteiger charge is 2.30. The highest BCUT2D eigenvalue weighted by Crippen LogP contribution is 2.31. The van der Waals surface area contributed by atoms with E-state index in [9.17, 15) is 22.0 Å². The number of aromatic nitrogens is 1. The van der Waals surface area contributed by atoms with Gasteiger partial charge in [0, 0.05) is 36.4 Å². The van der Waals surface area contributed by atoms with Crippen LogP contribution in [-0.2, 0) is 12.6 Å². The minimum Gasteiger partial charge on any atom is -0.386 e. The van der Waals surface area contributed by atoms with E-state index in [2.05, 4.69) is 28.8 Å². The molecule has 0 aliphatic heterocycles. The molecule has 0 saturated heterocycles. The SMILES string of the molecule is C=CC(=C)NC1CCCC(Cc2ccc(C(F)(F)F)cc2)C1.CNc1c[nH]c2cc(F)c(F)cc12. The van der Waals surface area contributed by atoms with Crippen LogP contribution < -0.4 is 10.6 Å². The second-order valence-corrected chi connectivity index (χ2v) is 8.77. The zero-order chi connectivity index (χ0) is 25.6. The summed E-state index contributed by atoms with van der Waals surface area (Å²) in [7, 11) is 1.73. The Morgan fingerprint density at radius 1 is 1.11 bits per heavy atom. The highest BCUT2D eigenvalue weighted by atomic mass is 19.4. The number of rotatable bonds is 6. The second kappa shape index (κ2) is 11.4. The van der Waals surface area contributed by atoms with Crippen LogP contribution >= 0.6 is 0 Å². The third kappa shape index (κ3) is 7.10. The molecule has 1 fully saturated rings. The molecule has 3 nitrogen and oxygen atoms in total. The van der Waals surface area contributed by atoms with Crippen molar-refractivity contribution in [3.05, 3.63) is 90.3 Å². The van der Waals surface area contributed by atoms with E-state index in [1.54, 1.807) is 31.5 Å². The van der Waals surface area contributed by atoms with Crippen molar-refractivity contribution in [1.82, 2.24) is 10.3 Å². The number of halogens is 5. The molecule has 1 aromatic heterocycles. The first kappa shape index (κ1) is 26.3. The fraction of sp³-hybridized carbons (Fsp3) is 0.333. The molecular formula is C27H30F5N3. The quantitative estimate of drug-likeness (QED) is 0.246. The lowest BCUT2D eigenvalue weighted by atomic mass is 9.82. The van der Waals surface area contributed by atoms with Gasteiger partial charge < -0.3 is 15.6 Å². The maximum Gasteiger partial charge on any atom is 0.416 e. The smallest absolute Gasteiger partial charge is 0.386 e. The minimum atomic E-state index is -4.26. The number of benzene rings is 2. The molecule has 0 bridgehead atoms. The lowest BCUT2D eigenvalue weighted by Gasteiger charge is -2.30. The maximum absolute atomic E-state index is 12.8. The second-order valence-electron chi connectivity index (χ2n) is 8.77. The van der Waals surface area contributed by atoms with Crippen molar-refractivity contribution < 1.29 is 22.0 Å². The Kier molecular flexibility index (Phi) is 8.59. The molecule has 0 radical (unpaired) electrons. The zero-order valence-corrected chi connectivity index (χ0v) is 19.6. The molecule has 188 valence electrons. The summed E-state index contributed by atoms with van der Waals surface area (Å²) in [6, 6.07) is 8.25. The van der Waals surface area contributed by atoms with Gasteiger partial charge in [0.1, 0.15) is 0 Å². The van der Waals surface area contributed by atoms with Gasteiger partial charge in [0.05, 0.1) is 16.8 Å². The number of hydrogen-bond donors (Lipinski definition) is 3. The summed E-state index contributed by atoms with van der Waals surface area (Å²) >= 11 is 0. The number of alkyl halides is 3. The molecule has 2 atom stereocenters. The predicted molar refractivity (Wildman–Crippen MR) is 131 cm³/mol. The van der Waals surface area contributed by atoms with E-state index >= 15 is 0 Å². The van der Waals surface area contributed by atoms with Gasteiger partial charge >= 0.3 is 6.18 Å². The molecule has 8 heteroatoms. The number of hydrogen-bond acceptors (Lipinski definition) is 2.